The normalized spacial score (nSPS) is 32.9. The summed E-state index contributed by atoms with van der Waals surface area (Å²) in [5.41, 5.74) is 1.58. The average Bonchev–Trinajstić information content (AvgIpc) is 3.30. The molecule has 6 rings (SSSR count). The first-order valence-corrected chi connectivity index (χ1v) is 15.0. The number of fused-ring (bicyclic) bond motifs is 5. The van der Waals surface area contributed by atoms with E-state index in [-0.39, 0.29) is 23.7 Å². The number of benzene rings is 2. The van der Waals surface area contributed by atoms with Crippen molar-refractivity contribution in [2.45, 2.75) is 64.4 Å². The zero-order valence-corrected chi connectivity index (χ0v) is 24.3. The number of nitriles is 1. The van der Waals surface area contributed by atoms with E-state index in [1.165, 1.54) is 11.1 Å². The smallest absolute Gasteiger partial charge is 0.352 e. The van der Waals surface area contributed by atoms with E-state index in [1.54, 1.807) is 18.2 Å². The van der Waals surface area contributed by atoms with Gasteiger partial charge >= 0.3 is 11.9 Å². The highest BCUT2D eigenvalue weighted by Gasteiger charge is 2.69. The average molecular weight is 564 g/mol. The van der Waals surface area contributed by atoms with Gasteiger partial charge in [-0.1, -0.05) is 68.0 Å². The summed E-state index contributed by atoms with van der Waals surface area (Å²) in [4.78, 5) is 39.6. The summed E-state index contributed by atoms with van der Waals surface area (Å²) in [6.07, 6.45) is 10.8. The molecule has 0 heterocycles. The van der Waals surface area contributed by atoms with E-state index < -0.39 is 23.0 Å². The summed E-state index contributed by atoms with van der Waals surface area (Å²) in [5.74, 6) is -0.289. The van der Waals surface area contributed by atoms with E-state index in [1.807, 2.05) is 42.5 Å². The molecule has 2 aromatic rings. The standard InChI is InChI=1S/C36H37NO5/c1-34-17-14-28(38)23-27(34)12-13-29-30(34)15-18-35(2)31(29)16-19-36(35,33(40)41-21-20-37)42-32(39)26-10-8-25(9-11-26)22-24-6-4-3-5-7-24/h3-11,14,17,23,29-31H,12-13,15-16,18-19,21-22H2,1-2H3/t29?,30?,31?,34?,35?,36-/m0/s1. The Bertz CT molecular complexity index is 1500. The van der Waals surface area contributed by atoms with Crippen LogP contribution < -0.4 is 0 Å². The number of carbonyl (C=O) groups is 3. The maximum atomic E-state index is 13.8. The Hall–Kier alpha value is -3.98. The molecule has 0 amide bonds. The molecule has 42 heavy (non-hydrogen) atoms. The number of carbonyl (C=O) groups excluding carboxylic acids is 3. The molecule has 0 N–H and O–H groups in total. The molecule has 0 radical (unpaired) electrons. The van der Waals surface area contributed by atoms with Gasteiger partial charge in [-0.15, -0.1) is 0 Å². The molecule has 2 aromatic carbocycles. The van der Waals surface area contributed by atoms with Gasteiger partial charge in [0, 0.05) is 10.8 Å². The Kier molecular flexibility index (Phi) is 7.17. The van der Waals surface area contributed by atoms with Gasteiger partial charge in [0.15, 0.2) is 12.4 Å². The fraction of sp³-hybridized carbons (Fsp3) is 0.444. The summed E-state index contributed by atoms with van der Waals surface area (Å²) in [6, 6.07) is 19.4. The van der Waals surface area contributed by atoms with E-state index in [0.29, 0.717) is 30.2 Å². The van der Waals surface area contributed by atoms with Crippen LogP contribution in [0.15, 0.2) is 78.4 Å². The quantitative estimate of drug-likeness (QED) is 0.370. The van der Waals surface area contributed by atoms with Gasteiger partial charge in [0.05, 0.1) is 5.56 Å². The fourth-order valence-corrected chi connectivity index (χ4v) is 8.76. The Morgan fingerprint density at radius 1 is 0.952 bits per heavy atom. The number of allylic oxidation sites excluding steroid dienone is 4. The Morgan fingerprint density at radius 2 is 1.67 bits per heavy atom. The first-order valence-electron chi connectivity index (χ1n) is 15.0. The molecule has 0 aromatic heterocycles. The van der Waals surface area contributed by atoms with Gasteiger partial charge in [-0.3, -0.25) is 4.79 Å². The molecule has 4 aliphatic rings. The molecule has 6 heteroatoms. The Balaban J connectivity index is 1.27. The van der Waals surface area contributed by atoms with Crippen LogP contribution in [-0.2, 0) is 25.5 Å². The first-order chi connectivity index (χ1) is 20.2. The van der Waals surface area contributed by atoms with Crippen LogP contribution >= 0.6 is 0 Å². The van der Waals surface area contributed by atoms with Crippen LogP contribution in [0.5, 0.6) is 0 Å². The van der Waals surface area contributed by atoms with Gasteiger partial charge in [0.25, 0.3) is 0 Å². The van der Waals surface area contributed by atoms with E-state index in [2.05, 4.69) is 32.1 Å². The van der Waals surface area contributed by atoms with E-state index in [4.69, 9.17) is 9.47 Å². The van der Waals surface area contributed by atoms with Gasteiger partial charge in [0.2, 0.25) is 5.60 Å². The molecular weight excluding hydrogens is 526 g/mol. The van der Waals surface area contributed by atoms with Gasteiger partial charge < -0.3 is 9.47 Å². The van der Waals surface area contributed by atoms with Crippen molar-refractivity contribution in [2.24, 2.45) is 28.6 Å². The molecule has 4 aliphatic carbocycles. The predicted octanol–water partition coefficient (Wildman–Crippen LogP) is 6.55. The third-order valence-electron chi connectivity index (χ3n) is 11.0. The van der Waals surface area contributed by atoms with Crippen molar-refractivity contribution in [1.29, 1.82) is 5.26 Å². The SMILES string of the molecule is CC12C=CC(=O)C=C1CCC1C2CCC2(C)C1CC[C@]2(OC(=O)c1ccc(Cc2ccccc2)cc1)C(=O)OCC#N. The second-order valence-electron chi connectivity index (χ2n) is 12.9. The lowest BCUT2D eigenvalue weighted by atomic mass is 9.47. The fourth-order valence-electron chi connectivity index (χ4n) is 8.76. The molecule has 216 valence electrons. The highest BCUT2D eigenvalue weighted by molar-refractivity contribution is 6.01. The van der Waals surface area contributed by atoms with E-state index in [0.717, 1.165) is 37.7 Å². The molecule has 0 aliphatic heterocycles. The number of ether oxygens (including phenoxy) is 2. The van der Waals surface area contributed by atoms with Crippen molar-refractivity contribution < 1.29 is 23.9 Å². The lowest BCUT2D eigenvalue weighted by Crippen LogP contribution is -2.59. The molecule has 0 bridgehead atoms. The summed E-state index contributed by atoms with van der Waals surface area (Å²) < 4.78 is 11.7. The molecule has 0 saturated heterocycles. The molecule has 6 nitrogen and oxygen atoms in total. The van der Waals surface area contributed by atoms with Gasteiger partial charge in [-0.05, 0) is 98.1 Å². The van der Waals surface area contributed by atoms with Gasteiger partial charge in [-0.25, -0.2) is 9.59 Å². The number of nitrogens with zero attached hydrogens (tertiary/aromatic N) is 1. The van der Waals surface area contributed by atoms with Crippen LogP contribution in [0, 0.1) is 39.9 Å². The van der Waals surface area contributed by atoms with Crippen LogP contribution in [0.1, 0.15) is 73.9 Å². The summed E-state index contributed by atoms with van der Waals surface area (Å²) in [6.45, 7) is 3.94. The molecule has 3 fully saturated rings. The number of esters is 2. The lowest BCUT2D eigenvalue weighted by Gasteiger charge is -2.57. The van der Waals surface area contributed by atoms with Crippen molar-refractivity contribution in [3.63, 3.8) is 0 Å². The van der Waals surface area contributed by atoms with Crippen LogP contribution in [-0.4, -0.2) is 29.9 Å². The minimum absolute atomic E-state index is 0.0571. The van der Waals surface area contributed by atoms with Crippen molar-refractivity contribution >= 4 is 17.7 Å². The number of hydrogen-bond acceptors (Lipinski definition) is 6. The minimum Gasteiger partial charge on any atom is -0.447 e. The predicted molar refractivity (Wildman–Crippen MR) is 157 cm³/mol. The lowest BCUT2D eigenvalue weighted by molar-refractivity contribution is -0.186. The van der Waals surface area contributed by atoms with Crippen molar-refractivity contribution in [3.05, 3.63) is 95.1 Å². The third kappa shape index (κ3) is 4.51. The van der Waals surface area contributed by atoms with Gasteiger partial charge in [-0.2, -0.15) is 5.26 Å². The molecule has 6 atom stereocenters. The van der Waals surface area contributed by atoms with Crippen LogP contribution in [0.4, 0.5) is 0 Å². The third-order valence-corrected chi connectivity index (χ3v) is 11.0. The Labute approximate surface area is 247 Å². The van der Waals surface area contributed by atoms with E-state index >= 15 is 0 Å². The Morgan fingerprint density at radius 3 is 2.40 bits per heavy atom. The second-order valence-corrected chi connectivity index (χ2v) is 12.9. The topological polar surface area (TPSA) is 93.5 Å². The zero-order valence-electron chi connectivity index (χ0n) is 24.3. The molecule has 0 spiro atoms. The summed E-state index contributed by atoms with van der Waals surface area (Å²) in [5, 5.41) is 9.17. The van der Waals surface area contributed by atoms with Gasteiger partial charge in [0.1, 0.15) is 6.07 Å². The second kappa shape index (κ2) is 10.7. The highest BCUT2D eigenvalue weighted by atomic mass is 16.6. The first kappa shape index (κ1) is 28.2. The summed E-state index contributed by atoms with van der Waals surface area (Å²) in [7, 11) is 0. The molecule has 5 unspecified atom stereocenters. The van der Waals surface area contributed by atoms with Crippen molar-refractivity contribution in [3.8, 4) is 6.07 Å². The van der Waals surface area contributed by atoms with Crippen LogP contribution in [0.3, 0.4) is 0 Å². The van der Waals surface area contributed by atoms with E-state index in [9.17, 15) is 19.6 Å². The maximum absolute atomic E-state index is 13.8. The highest BCUT2D eigenvalue weighted by Crippen LogP contribution is 2.68. The molecule has 3 saturated carbocycles. The van der Waals surface area contributed by atoms with Crippen molar-refractivity contribution in [1.82, 2.24) is 0 Å². The van der Waals surface area contributed by atoms with Crippen molar-refractivity contribution in [2.75, 3.05) is 6.61 Å². The number of rotatable bonds is 6. The monoisotopic (exact) mass is 563 g/mol. The van der Waals surface area contributed by atoms with Crippen LogP contribution in [0.25, 0.3) is 0 Å². The minimum atomic E-state index is -1.46. The number of ketones is 1. The summed E-state index contributed by atoms with van der Waals surface area (Å²) >= 11 is 0. The zero-order chi connectivity index (χ0) is 29.5. The molecular formula is C36H37NO5. The van der Waals surface area contributed by atoms with Crippen LogP contribution in [0.2, 0.25) is 0 Å². The maximum Gasteiger partial charge on any atom is 0.352 e. The number of hydrogen-bond donors (Lipinski definition) is 0. The largest absolute Gasteiger partial charge is 0.447 e.